The summed E-state index contributed by atoms with van der Waals surface area (Å²) < 4.78 is 0. The molecule has 0 radical (unpaired) electrons. The summed E-state index contributed by atoms with van der Waals surface area (Å²) in [6, 6.07) is 11.3. The minimum Gasteiger partial charge on any atom is -0.371 e. The summed E-state index contributed by atoms with van der Waals surface area (Å²) in [5, 5.41) is 7.20. The highest BCUT2D eigenvalue weighted by molar-refractivity contribution is 14.0. The summed E-state index contributed by atoms with van der Waals surface area (Å²) in [5.41, 5.74) is 1.34. The molecule has 3 rings (SSSR count). The summed E-state index contributed by atoms with van der Waals surface area (Å²) in [6.07, 6.45) is 4.93. The Balaban J connectivity index is 0.00000261. The van der Waals surface area contributed by atoms with Crippen molar-refractivity contribution in [1.29, 1.82) is 0 Å². The van der Waals surface area contributed by atoms with Crippen molar-refractivity contribution in [3.8, 4) is 0 Å². The fourth-order valence-electron chi connectivity index (χ4n) is 4.12. The van der Waals surface area contributed by atoms with E-state index in [0.29, 0.717) is 12.0 Å². The van der Waals surface area contributed by atoms with Crippen molar-refractivity contribution >= 4 is 35.6 Å². The largest absolute Gasteiger partial charge is 0.371 e. The van der Waals surface area contributed by atoms with Crippen molar-refractivity contribution in [2.75, 3.05) is 51.2 Å². The van der Waals surface area contributed by atoms with E-state index in [9.17, 15) is 0 Å². The van der Waals surface area contributed by atoms with Gasteiger partial charge in [-0.05, 0) is 50.3 Å². The zero-order chi connectivity index (χ0) is 18.2. The highest BCUT2D eigenvalue weighted by Gasteiger charge is 2.23. The standard InChI is InChI=1S/C21H35N5.HI/c1-3-12-25-13-10-19(11-14-25)24-21(22-2)23-16-18-9-15-26(17-18)20-7-5-4-6-8-20;/h4-8,18-19H,3,9-17H2,1-2H3,(H2,22,23,24);1H. The molecule has 2 N–H and O–H groups in total. The fraction of sp³-hybridized carbons (Fsp3) is 0.667. The van der Waals surface area contributed by atoms with E-state index in [-0.39, 0.29) is 24.0 Å². The Morgan fingerprint density at radius 1 is 1.11 bits per heavy atom. The lowest BCUT2D eigenvalue weighted by Gasteiger charge is -2.33. The quantitative estimate of drug-likeness (QED) is 0.369. The molecule has 0 aliphatic carbocycles. The van der Waals surface area contributed by atoms with Gasteiger partial charge in [0.1, 0.15) is 0 Å². The van der Waals surface area contributed by atoms with E-state index in [1.54, 1.807) is 0 Å². The van der Waals surface area contributed by atoms with E-state index in [2.05, 4.69) is 62.7 Å². The number of para-hydroxylation sites is 1. The minimum atomic E-state index is 0. The number of anilines is 1. The van der Waals surface area contributed by atoms with Crippen molar-refractivity contribution in [3.05, 3.63) is 30.3 Å². The van der Waals surface area contributed by atoms with Gasteiger partial charge in [0.25, 0.3) is 0 Å². The van der Waals surface area contributed by atoms with Crippen LogP contribution in [0.1, 0.15) is 32.6 Å². The van der Waals surface area contributed by atoms with Gasteiger partial charge < -0.3 is 20.4 Å². The predicted molar refractivity (Wildman–Crippen MR) is 126 cm³/mol. The van der Waals surface area contributed by atoms with Gasteiger partial charge in [-0.2, -0.15) is 0 Å². The first-order valence-electron chi connectivity index (χ1n) is 10.3. The van der Waals surface area contributed by atoms with Crippen LogP contribution in [0, 0.1) is 5.92 Å². The molecule has 2 heterocycles. The Labute approximate surface area is 182 Å². The Morgan fingerprint density at radius 2 is 1.85 bits per heavy atom. The van der Waals surface area contributed by atoms with Crippen molar-refractivity contribution in [2.24, 2.45) is 10.9 Å². The number of aliphatic imine (C=N–C) groups is 1. The van der Waals surface area contributed by atoms with Crippen LogP contribution in [0.2, 0.25) is 0 Å². The number of hydrogen-bond acceptors (Lipinski definition) is 3. The van der Waals surface area contributed by atoms with Gasteiger partial charge in [0.15, 0.2) is 5.96 Å². The van der Waals surface area contributed by atoms with Crippen LogP contribution in [-0.2, 0) is 0 Å². The van der Waals surface area contributed by atoms with Gasteiger partial charge in [0.2, 0.25) is 0 Å². The number of rotatable bonds is 6. The molecule has 0 amide bonds. The van der Waals surface area contributed by atoms with Crippen LogP contribution in [-0.4, -0.2) is 63.2 Å². The Morgan fingerprint density at radius 3 is 2.52 bits per heavy atom. The molecule has 5 nitrogen and oxygen atoms in total. The lowest BCUT2D eigenvalue weighted by Crippen LogP contribution is -2.49. The van der Waals surface area contributed by atoms with Gasteiger partial charge in [-0.1, -0.05) is 25.1 Å². The third-order valence-electron chi connectivity index (χ3n) is 5.66. The summed E-state index contributed by atoms with van der Waals surface area (Å²) in [4.78, 5) is 9.51. The molecule has 1 aromatic carbocycles. The first-order chi connectivity index (χ1) is 12.8. The van der Waals surface area contributed by atoms with E-state index < -0.39 is 0 Å². The zero-order valence-corrected chi connectivity index (χ0v) is 19.2. The second-order valence-corrected chi connectivity index (χ2v) is 7.65. The molecule has 2 fully saturated rings. The number of nitrogens with one attached hydrogen (secondary N) is 2. The number of benzene rings is 1. The molecule has 1 aromatic rings. The third kappa shape index (κ3) is 6.82. The van der Waals surface area contributed by atoms with Gasteiger partial charge in [-0.15, -0.1) is 24.0 Å². The number of nitrogens with zero attached hydrogens (tertiary/aromatic N) is 3. The van der Waals surface area contributed by atoms with Crippen LogP contribution in [0.5, 0.6) is 0 Å². The number of guanidine groups is 1. The Kier molecular flexibility index (Phi) is 9.68. The van der Waals surface area contributed by atoms with Gasteiger partial charge >= 0.3 is 0 Å². The van der Waals surface area contributed by atoms with Crippen molar-refractivity contribution in [1.82, 2.24) is 15.5 Å². The summed E-state index contributed by atoms with van der Waals surface area (Å²) in [5.74, 6) is 1.65. The van der Waals surface area contributed by atoms with Crippen LogP contribution < -0.4 is 15.5 Å². The lowest BCUT2D eigenvalue weighted by molar-refractivity contribution is 0.206. The van der Waals surface area contributed by atoms with E-state index >= 15 is 0 Å². The average molecular weight is 485 g/mol. The molecule has 1 unspecified atom stereocenters. The molecule has 0 bridgehead atoms. The van der Waals surface area contributed by atoms with Gasteiger partial charge in [0, 0.05) is 51.5 Å². The summed E-state index contributed by atoms with van der Waals surface area (Å²) in [7, 11) is 1.88. The maximum absolute atomic E-state index is 4.44. The maximum Gasteiger partial charge on any atom is 0.191 e. The van der Waals surface area contributed by atoms with Gasteiger partial charge in [-0.25, -0.2) is 0 Å². The average Bonchev–Trinajstić information content (AvgIpc) is 3.16. The highest BCUT2D eigenvalue weighted by atomic mass is 127. The number of halogens is 1. The zero-order valence-electron chi connectivity index (χ0n) is 16.9. The molecule has 6 heteroatoms. The summed E-state index contributed by atoms with van der Waals surface area (Å²) in [6.45, 7) is 9.19. The molecular weight excluding hydrogens is 449 g/mol. The topological polar surface area (TPSA) is 42.9 Å². The fourth-order valence-corrected chi connectivity index (χ4v) is 4.12. The normalized spacial score (nSPS) is 21.8. The van der Waals surface area contributed by atoms with E-state index in [0.717, 1.165) is 25.6 Å². The molecule has 0 spiro atoms. The third-order valence-corrected chi connectivity index (χ3v) is 5.66. The Hall–Kier alpha value is -1.02. The molecule has 2 saturated heterocycles. The van der Waals surface area contributed by atoms with Crippen LogP contribution in [0.3, 0.4) is 0 Å². The van der Waals surface area contributed by atoms with E-state index in [1.807, 2.05) is 7.05 Å². The second kappa shape index (κ2) is 11.7. The predicted octanol–water partition coefficient (Wildman–Crippen LogP) is 3.17. The maximum atomic E-state index is 4.44. The van der Waals surface area contributed by atoms with Crippen molar-refractivity contribution in [3.63, 3.8) is 0 Å². The smallest absolute Gasteiger partial charge is 0.191 e. The molecular formula is C21H36IN5. The van der Waals surface area contributed by atoms with E-state index in [4.69, 9.17) is 0 Å². The monoisotopic (exact) mass is 485 g/mol. The first kappa shape index (κ1) is 22.3. The first-order valence-corrected chi connectivity index (χ1v) is 10.3. The van der Waals surface area contributed by atoms with Gasteiger partial charge in [0.05, 0.1) is 0 Å². The molecule has 2 aliphatic heterocycles. The van der Waals surface area contributed by atoms with Crippen molar-refractivity contribution < 1.29 is 0 Å². The number of hydrogen-bond donors (Lipinski definition) is 2. The molecule has 27 heavy (non-hydrogen) atoms. The van der Waals surface area contributed by atoms with Crippen LogP contribution >= 0.6 is 24.0 Å². The minimum absolute atomic E-state index is 0. The molecule has 1 atom stereocenters. The Bertz CT molecular complexity index is 557. The van der Waals surface area contributed by atoms with Crippen LogP contribution in [0.15, 0.2) is 35.3 Å². The number of piperidine rings is 1. The number of likely N-dealkylation sites (tertiary alicyclic amines) is 1. The van der Waals surface area contributed by atoms with Crippen LogP contribution in [0.25, 0.3) is 0 Å². The lowest BCUT2D eigenvalue weighted by atomic mass is 10.1. The molecule has 0 saturated carbocycles. The van der Waals surface area contributed by atoms with Crippen molar-refractivity contribution in [2.45, 2.75) is 38.6 Å². The molecule has 2 aliphatic rings. The van der Waals surface area contributed by atoms with Crippen LogP contribution in [0.4, 0.5) is 5.69 Å². The summed E-state index contributed by atoms with van der Waals surface area (Å²) >= 11 is 0. The second-order valence-electron chi connectivity index (χ2n) is 7.65. The van der Waals surface area contributed by atoms with E-state index in [1.165, 1.54) is 51.0 Å². The highest BCUT2D eigenvalue weighted by Crippen LogP contribution is 2.22. The van der Waals surface area contributed by atoms with Gasteiger partial charge in [-0.3, -0.25) is 4.99 Å². The molecule has 152 valence electrons. The molecule has 0 aromatic heterocycles. The SMILES string of the molecule is CCCN1CCC(NC(=NC)NCC2CCN(c3ccccc3)C2)CC1.I.